The topological polar surface area (TPSA) is 21.3 Å². The smallest absolute Gasteiger partial charge is 0.124 e. The van der Waals surface area contributed by atoms with E-state index in [0.717, 1.165) is 12.2 Å². The number of nitrogens with one attached hydrogen (secondary N) is 1. The Morgan fingerprint density at radius 1 is 1.05 bits per heavy atom. The zero-order valence-electron chi connectivity index (χ0n) is 12.3. The molecule has 0 radical (unpaired) electrons. The Labute approximate surface area is 120 Å². The second kappa shape index (κ2) is 4.95. The molecular formula is C18H21NO. The first-order chi connectivity index (χ1) is 9.59. The van der Waals surface area contributed by atoms with Gasteiger partial charge in [0.05, 0.1) is 0 Å². The number of rotatable bonds is 2. The van der Waals surface area contributed by atoms with Crippen molar-refractivity contribution in [2.75, 3.05) is 7.05 Å². The van der Waals surface area contributed by atoms with Crippen LogP contribution in [0.15, 0.2) is 48.5 Å². The van der Waals surface area contributed by atoms with Crippen LogP contribution in [-0.2, 0) is 0 Å². The van der Waals surface area contributed by atoms with Crippen LogP contribution >= 0.6 is 0 Å². The number of hydrogen-bond donors (Lipinski definition) is 1. The van der Waals surface area contributed by atoms with Gasteiger partial charge in [0.2, 0.25) is 0 Å². The summed E-state index contributed by atoms with van der Waals surface area (Å²) in [6.45, 7) is 4.29. The Hall–Kier alpha value is -1.80. The summed E-state index contributed by atoms with van der Waals surface area (Å²) in [7, 11) is 2.02. The summed E-state index contributed by atoms with van der Waals surface area (Å²) in [5, 5.41) is 3.41. The Morgan fingerprint density at radius 2 is 1.80 bits per heavy atom. The third-order valence-electron chi connectivity index (χ3n) is 3.92. The van der Waals surface area contributed by atoms with Crippen LogP contribution in [0.3, 0.4) is 0 Å². The van der Waals surface area contributed by atoms with E-state index in [4.69, 9.17) is 4.74 Å². The Balaban J connectivity index is 2.04. The number of hydrogen-bond acceptors (Lipinski definition) is 2. The average Bonchev–Trinajstić information content (AvgIpc) is 2.46. The quantitative estimate of drug-likeness (QED) is 0.881. The van der Waals surface area contributed by atoms with Crippen molar-refractivity contribution in [2.45, 2.75) is 31.9 Å². The van der Waals surface area contributed by atoms with Crippen molar-refractivity contribution < 1.29 is 4.74 Å². The minimum Gasteiger partial charge on any atom is -0.487 e. The van der Waals surface area contributed by atoms with Gasteiger partial charge in [0.1, 0.15) is 11.4 Å². The van der Waals surface area contributed by atoms with Crippen molar-refractivity contribution in [2.24, 2.45) is 0 Å². The molecule has 0 spiro atoms. The monoisotopic (exact) mass is 267 g/mol. The summed E-state index contributed by atoms with van der Waals surface area (Å²) >= 11 is 0. The van der Waals surface area contributed by atoms with Gasteiger partial charge in [-0.1, -0.05) is 36.4 Å². The maximum atomic E-state index is 6.10. The molecule has 104 valence electrons. The van der Waals surface area contributed by atoms with Crippen LogP contribution in [0.1, 0.15) is 31.9 Å². The summed E-state index contributed by atoms with van der Waals surface area (Å²) < 4.78 is 6.10. The highest BCUT2D eigenvalue weighted by atomic mass is 16.5. The van der Waals surface area contributed by atoms with Crippen LogP contribution in [-0.4, -0.2) is 12.6 Å². The van der Waals surface area contributed by atoms with Crippen LogP contribution in [0.25, 0.3) is 11.1 Å². The molecule has 1 N–H and O–H groups in total. The van der Waals surface area contributed by atoms with Crippen molar-refractivity contribution in [1.82, 2.24) is 5.32 Å². The summed E-state index contributed by atoms with van der Waals surface area (Å²) in [4.78, 5) is 0. The molecule has 0 saturated carbocycles. The summed E-state index contributed by atoms with van der Waals surface area (Å²) in [6, 6.07) is 17.3. The molecule has 0 bridgehead atoms. The van der Waals surface area contributed by atoms with Crippen molar-refractivity contribution in [3.8, 4) is 16.9 Å². The highest BCUT2D eigenvalue weighted by Gasteiger charge is 2.32. The molecule has 0 amide bonds. The van der Waals surface area contributed by atoms with E-state index in [9.17, 15) is 0 Å². The zero-order chi connectivity index (χ0) is 14.2. The molecule has 2 aromatic rings. The Bertz CT molecular complexity index is 604. The van der Waals surface area contributed by atoms with E-state index in [2.05, 4.69) is 61.6 Å². The lowest BCUT2D eigenvalue weighted by Gasteiger charge is -2.37. The molecule has 1 atom stereocenters. The van der Waals surface area contributed by atoms with Crippen LogP contribution in [0.2, 0.25) is 0 Å². The second-order valence-corrected chi connectivity index (χ2v) is 6.03. The summed E-state index contributed by atoms with van der Waals surface area (Å²) in [5.41, 5.74) is 3.63. The SMILES string of the molecule is CNC1CC(C)(C)Oc2ccc(-c3ccccc3)cc21. The standard InChI is InChI=1S/C18H21NO/c1-18(2)12-16(19-3)15-11-14(9-10-17(15)20-18)13-7-5-4-6-8-13/h4-11,16,19H,12H2,1-3H3. The maximum Gasteiger partial charge on any atom is 0.124 e. The van der Waals surface area contributed by atoms with E-state index < -0.39 is 0 Å². The second-order valence-electron chi connectivity index (χ2n) is 6.03. The maximum absolute atomic E-state index is 6.10. The Morgan fingerprint density at radius 3 is 2.50 bits per heavy atom. The first kappa shape index (κ1) is 13.2. The molecular weight excluding hydrogens is 246 g/mol. The van der Waals surface area contributed by atoms with Gasteiger partial charge in [-0.2, -0.15) is 0 Å². The van der Waals surface area contributed by atoms with Gasteiger partial charge in [0, 0.05) is 18.0 Å². The fraction of sp³-hybridized carbons (Fsp3) is 0.333. The average molecular weight is 267 g/mol. The highest BCUT2D eigenvalue weighted by molar-refractivity contribution is 5.66. The van der Waals surface area contributed by atoms with E-state index in [-0.39, 0.29) is 5.60 Å². The molecule has 3 rings (SSSR count). The summed E-state index contributed by atoms with van der Waals surface area (Å²) in [5.74, 6) is 1.00. The van der Waals surface area contributed by atoms with Gasteiger partial charge >= 0.3 is 0 Å². The third kappa shape index (κ3) is 2.44. The van der Waals surface area contributed by atoms with Gasteiger partial charge < -0.3 is 10.1 Å². The molecule has 0 aromatic heterocycles. The van der Waals surface area contributed by atoms with Crippen molar-refractivity contribution in [1.29, 1.82) is 0 Å². The first-order valence-corrected chi connectivity index (χ1v) is 7.15. The lowest BCUT2D eigenvalue weighted by molar-refractivity contribution is 0.0676. The molecule has 0 fully saturated rings. The van der Waals surface area contributed by atoms with Crippen LogP contribution in [0.5, 0.6) is 5.75 Å². The van der Waals surface area contributed by atoms with Crippen molar-refractivity contribution >= 4 is 0 Å². The van der Waals surface area contributed by atoms with Crippen molar-refractivity contribution in [3.05, 3.63) is 54.1 Å². The van der Waals surface area contributed by atoms with Crippen LogP contribution in [0.4, 0.5) is 0 Å². The van der Waals surface area contributed by atoms with Gasteiger partial charge in [-0.3, -0.25) is 0 Å². The molecule has 1 heterocycles. The molecule has 1 aliphatic rings. The predicted molar refractivity (Wildman–Crippen MR) is 83.0 cm³/mol. The van der Waals surface area contributed by atoms with Crippen LogP contribution in [0, 0.1) is 0 Å². The van der Waals surface area contributed by atoms with Gasteiger partial charge in [-0.25, -0.2) is 0 Å². The van der Waals surface area contributed by atoms with E-state index in [1.54, 1.807) is 0 Å². The normalized spacial score (nSPS) is 20.1. The third-order valence-corrected chi connectivity index (χ3v) is 3.92. The lowest BCUT2D eigenvalue weighted by atomic mass is 9.88. The van der Waals surface area contributed by atoms with Crippen molar-refractivity contribution in [3.63, 3.8) is 0 Å². The molecule has 0 aliphatic carbocycles. The molecule has 1 aliphatic heterocycles. The fourth-order valence-electron chi connectivity index (χ4n) is 2.92. The van der Waals surface area contributed by atoms with E-state index in [0.29, 0.717) is 6.04 Å². The first-order valence-electron chi connectivity index (χ1n) is 7.15. The van der Waals surface area contributed by atoms with Crippen LogP contribution < -0.4 is 10.1 Å². The van der Waals surface area contributed by atoms with E-state index in [1.807, 2.05) is 13.1 Å². The predicted octanol–water partition coefficient (Wildman–Crippen LogP) is 4.18. The van der Waals surface area contributed by atoms with Gasteiger partial charge in [0.15, 0.2) is 0 Å². The number of benzene rings is 2. The largest absolute Gasteiger partial charge is 0.487 e. The van der Waals surface area contributed by atoms with E-state index >= 15 is 0 Å². The van der Waals surface area contributed by atoms with Gasteiger partial charge in [0.25, 0.3) is 0 Å². The number of fused-ring (bicyclic) bond motifs is 1. The number of ether oxygens (including phenoxy) is 1. The minimum atomic E-state index is -0.116. The molecule has 2 aromatic carbocycles. The molecule has 0 saturated heterocycles. The molecule has 2 nitrogen and oxygen atoms in total. The molecule has 20 heavy (non-hydrogen) atoms. The lowest BCUT2D eigenvalue weighted by Crippen LogP contribution is -2.38. The molecule has 1 unspecified atom stereocenters. The fourth-order valence-corrected chi connectivity index (χ4v) is 2.92. The van der Waals surface area contributed by atoms with Gasteiger partial charge in [-0.15, -0.1) is 0 Å². The Kier molecular flexibility index (Phi) is 3.27. The summed E-state index contributed by atoms with van der Waals surface area (Å²) in [6.07, 6.45) is 0.981. The highest BCUT2D eigenvalue weighted by Crippen LogP contribution is 2.41. The molecule has 2 heteroatoms. The minimum absolute atomic E-state index is 0.116. The van der Waals surface area contributed by atoms with Gasteiger partial charge in [-0.05, 0) is 44.2 Å². The zero-order valence-corrected chi connectivity index (χ0v) is 12.3. The van der Waals surface area contributed by atoms with E-state index in [1.165, 1.54) is 16.7 Å².